The molecule has 0 amide bonds. The van der Waals surface area contributed by atoms with Gasteiger partial charge in [-0.1, -0.05) is 6.07 Å². The number of hydrogen-bond donors (Lipinski definition) is 1. The molecule has 0 radical (unpaired) electrons. The Kier molecular flexibility index (Phi) is 3.03. The Morgan fingerprint density at radius 2 is 2.18 bits per heavy atom. The molecule has 2 unspecified atom stereocenters. The molecule has 0 fully saturated rings. The lowest BCUT2D eigenvalue weighted by atomic mass is 9.91. The predicted octanol–water partition coefficient (Wildman–Crippen LogP) is 2.92. The number of alkyl halides is 3. The average molecular weight is 245 g/mol. The molecule has 5 heteroatoms. The van der Waals surface area contributed by atoms with E-state index in [-0.39, 0.29) is 24.1 Å². The highest BCUT2D eigenvalue weighted by atomic mass is 19.4. The fourth-order valence-electron chi connectivity index (χ4n) is 2.25. The van der Waals surface area contributed by atoms with Gasteiger partial charge in [0.1, 0.15) is 5.75 Å². The van der Waals surface area contributed by atoms with Crippen molar-refractivity contribution in [3.63, 3.8) is 0 Å². The summed E-state index contributed by atoms with van der Waals surface area (Å²) >= 11 is 0. The molecule has 1 aromatic rings. The second-order valence-corrected chi connectivity index (χ2v) is 4.44. The van der Waals surface area contributed by atoms with E-state index >= 15 is 0 Å². The topological polar surface area (TPSA) is 35.2 Å². The van der Waals surface area contributed by atoms with E-state index in [1.54, 1.807) is 13.0 Å². The van der Waals surface area contributed by atoms with E-state index in [1.807, 2.05) is 0 Å². The third-order valence-corrected chi connectivity index (χ3v) is 2.88. The Morgan fingerprint density at radius 1 is 1.47 bits per heavy atom. The molecule has 17 heavy (non-hydrogen) atoms. The first-order valence-corrected chi connectivity index (χ1v) is 5.48. The highest BCUT2D eigenvalue weighted by Crippen LogP contribution is 2.44. The van der Waals surface area contributed by atoms with E-state index in [9.17, 15) is 13.2 Å². The first kappa shape index (κ1) is 12.2. The van der Waals surface area contributed by atoms with Crippen molar-refractivity contribution in [2.75, 3.05) is 6.61 Å². The van der Waals surface area contributed by atoms with Gasteiger partial charge in [0, 0.05) is 17.5 Å². The van der Waals surface area contributed by atoms with Crippen LogP contribution in [0.25, 0.3) is 0 Å². The summed E-state index contributed by atoms with van der Waals surface area (Å²) in [5.74, 6) is 0.0771. The summed E-state index contributed by atoms with van der Waals surface area (Å²) in [5.41, 5.74) is 5.31. The molecule has 2 N–H and O–H groups in total. The van der Waals surface area contributed by atoms with Crippen molar-refractivity contribution in [1.29, 1.82) is 0 Å². The van der Waals surface area contributed by atoms with Crippen molar-refractivity contribution >= 4 is 0 Å². The van der Waals surface area contributed by atoms with Crippen LogP contribution in [-0.2, 0) is 6.18 Å². The SMILES string of the molecule is CC(N)CC1COc2cccc(C(F)(F)F)c21. The van der Waals surface area contributed by atoms with Crippen molar-refractivity contribution < 1.29 is 17.9 Å². The summed E-state index contributed by atoms with van der Waals surface area (Å²) in [4.78, 5) is 0. The number of nitrogens with two attached hydrogens (primary N) is 1. The third kappa shape index (κ3) is 2.39. The second kappa shape index (κ2) is 4.22. The molecule has 0 aromatic heterocycles. The Hall–Kier alpha value is -1.23. The standard InChI is InChI=1S/C12H14F3NO/c1-7(16)5-8-6-17-10-4-2-3-9(11(8)10)12(13,14)15/h2-4,7-8H,5-6,16H2,1H3. The average Bonchev–Trinajstić information content (AvgIpc) is 2.59. The van der Waals surface area contributed by atoms with Crippen LogP contribution in [0.15, 0.2) is 18.2 Å². The van der Waals surface area contributed by atoms with Crippen molar-refractivity contribution in [3.8, 4) is 5.75 Å². The quantitative estimate of drug-likeness (QED) is 0.869. The summed E-state index contributed by atoms with van der Waals surface area (Å²) in [5, 5.41) is 0. The van der Waals surface area contributed by atoms with Gasteiger partial charge in [-0.05, 0) is 25.5 Å². The summed E-state index contributed by atoms with van der Waals surface area (Å²) in [6, 6.07) is 3.90. The Labute approximate surface area is 97.6 Å². The molecule has 2 rings (SSSR count). The van der Waals surface area contributed by atoms with E-state index < -0.39 is 11.7 Å². The van der Waals surface area contributed by atoms with Crippen molar-refractivity contribution in [2.24, 2.45) is 5.73 Å². The minimum absolute atomic E-state index is 0.143. The van der Waals surface area contributed by atoms with Crippen LogP contribution in [0.5, 0.6) is 5.75 Å². The van der Waals surface area contributed by atoms with E-state index in [0.29, 0.717) is 12.2 Å². The largest absolute Gasteiger partial charge is 0.493 e. The normalized spacial score (nSPS) is 20.9. The Balaban J connectivity index is 2.42. The smallest absolute Gasteiger partial charge is 0.416 e. The van der Waals surface area contributed by atoms with Crippen LogP contribution in [0.3, 0.4) is 0 Å². The van der Waals surface area contributed by atoms with Crippen molar-refractivity contribution in [3.05, 3.63) is 29.3 Å². The van der Waals surface area contributed by atoms with Crippen LogP contribution < -0.4 is 10.5 Å². The number of halogens is 3. The molecule has 1 aliphatic heterocycles. The van der Waals surface area contributed by atoms with Gasteiger partial charge < -0.3 is 10.5 Å². The van der Waals surface area contributed by atoms with Crippen LogP contribution in [0.1, 0.15) is 30.4 Å². The molecule has 0 saturated heterocycles. The number of rotatable bonds is 2. The van der Waals surface area contributed by atoms with Crippen LogP contribution in [-0.4, -0.2) is 12.6 Å². The first-order valence-electron chi connectivity index (χ1n) is 5.48. The zero-order valence-corrected chi connectivity index (χ0v) is 9.42. The van der Waals surface area contributed by atoms with Crippen LogP contribution >= 0.6 is 0 Å². The van der Waals surface area contributed by atoms with E-state index in [1.165, 1.54) is 6.07 Å². The highest BCUT2D eigenvalue weighted by Gasteiger charge is 2.39. The summed E-state index contributed by atoms with van der Waals surface area (Å²) in [7, 11) is 0. The zero-order chi connectivity index (χ0) is 12.6. The molecule has 94 valence electrons. The van der Waals surface area contributed by atoms with Gasteiger partial charge in [0.05, 0.1) is 12.2 Å². The molecule has 0 saturated carbocycles. The lowest BCUT2D eigenvalue weighted by Gasteiger charge is -2.16. The van der Waals surface area contributed by atoms with Gasteiger partial charge in [0.15, 0.2) is 0 Å². The zero-order valence-electron chi connectivity index (χ0n) is 9.42. The van der Waals surface area contributed by atoms with Gasteiger partial charge in [0.25, 0.3) is 0 Å². The number of ether oxygens (including phenoxy) is 1. The fourth-order valence-corrected chi connectivity index (χ4v) is 2.25. The van der Waals surface area contributed by atoms with E-state index in [4.69, 9.17) is 10.5 Å². The van der Waals surface area contributed by atoms with Crippen LogP contribution in [0, 0.1) is 0 Å². The van der Waals surface area contributed by atoms with Crippen LogP contribution in [0.2, 0.25) is 0 Å². The fraction of sp³-hybridized carbons (Fsp3) is 0.500. The van der Waals surface area contributed by atoms with Gasteiger partial charge in [0.2, 0.25) is 0 Å². The van der Waals surface area contributed by atoms with Gasteiger partial charge in [-0.15, -0.1) is 0 Å². The van der Waals surface area contributed by atoms with E-state index in [2.05, 4.69) is 0 Å². The molecule has 1 aromatic carbocycles. The van der Waals surface area contributed by atoms with Crippen molar-refractivity contribution in [1.82, 2.24) is 0 Å². The lowest BCUT2D eigenvalue weighted by Crippen LogP contribution is -2.20. The summed E-state index contributed by atoms with van der Waals surface area (Å²) < 4.78 is 43.9. The molecule has 2 atom stereocenters. The number of benzene rings is 1. The number of hydrogen-bond acceptors (Lipinski definition) is 2. The second-order valence-electron chi connectivity index (χ2n) is 4.44. The maximum absolute atomic E-state index is 12.9. The predicted molar refractivity (Wildman–Crippen MR) is 57.9 cm³/mol. The van der Waals surface area contributed by atoms with Gasteiger partial charge in [-0.25, -0.2) is 0 Å². The highest BCUT2D eigenvalue weighted by molar-refractivity contribution is 5.47. The van der Waals surface area contributed by atoms with Crippen LogP contribution in [0.4, 0.5) is 13.2 Å². The molecular formula is C12H14F3NO. The molecule has 0 spiro atoms. The summed E-state index contributed by atoms with van der Waals surface area (Å²) in [6.07, 6.45) is -3.84. The maximum atomic E-state index is 12.9. The Morgan fingerprint density at radius 3 is 2.76 bits per heavy atom. The van der Waals surface area contributed by atoms with E-state index in [0.717, 1.165) is 6.07 Å². The van der Waals surface area contributed by atoms with Gasteiger partial charge in [-0.3, -0.25) is 0 Å². The molecule has 1 heterocycles. The number of fused-ring (bicyclic) bond motifs is 1. The monoisotopic (exact) mass is 245 g/mol. The Bertz CT molecular complexity index is 415. The summed E-state index contributed by atoms with van der Waals surface area (Å²) in [6.45, 7) is 2.07. The maximum Gasteiger partial charge on any atom is 0.416 e. The van der Waals surface area contributed by atoms with Gasteiger partial charge >= 0.3 is 6.18 Å². The molecule has 0 aliphatic carbocycles. The lowest BCUT2D eigenvalue weighted by molar-refractivity contribution is -0.138. The molecule has 1 aliphatic rings. The molecular weight excluding hydrogens is 231 g/mol. The minimum Gasteiger partial charge on any atom is -0.493 e. The first-order chi connectivity index (χ1) is 7.89. The minimum atomic E-state index is -4.34. The molecule has 0 bridgehead atoms. The van der Waals surface area contributed by atoms with Gasteiger partial charge in [-0.2, -0.15) is 13.2 Å². The third-order valence-electron chi connectivity index (χ3n) is 2.88. The van der Waals surface area contributed by atoms with Crippen molar-refractivity contribution in [2.45, 2.75) is 31.5 Å². The molecule has 2 nitrogen and oxygen atoms in total.